The number of nitrogens with zero attached hydrogens (tertiary/aromatic N) is 1. The summed E-state index contributed by atoms with van der Waals surface area (Å²) in [5, 5.41) is 0. The number of primary amides is 1. The first-order chi connectivity index (χ1) is 11.0. The van der Waals surface area contributed by atoms with Crippen LogP contribution in [-0.2, 0) is 4.79 Å². The summed E-state index contributed by atoms with van der Waals surface area (Å²) < 4.78 is 0. The molecule has 0 aromatic carbocycles. The second-order valence-electron chi connectivity index (χ2n) is 7.82. The van der Waals surface area contributed by atoms with Gasteiger partial charge >= 0.3 is 0 Å². The maximum absolute atomic E-state index is 11.6. The Kier molecular flexibility index (Phi) is 4.93. The molecular weight excluding hydrogens is 286 g/mol. The molecule has 3 aliphatic rings. The Morgan fingerprint density at radius 3 is 2.61 bits per heavy atom. The van der Waals surface area contributed by atoms with Crippen LogP contribution >= 0.6 is 0 Å². The largest absolute Gasteiger partial charge is 0.368 e. The molecule has 23 heavy (non-hydrogen) atoms. The van der Waals surface area contributed by atoms with Crippen LogP contribution in [0, 0.1) is 11.8 Å². The molecule has 1 saturated heterocycles. The maximum Gasteiger partial charge on any atom is 0.237 e. The van der Waals surface area contributed by atoms with Gasteiger partial charge in [-0.3, -0.25) is 9.69 Å². The van der Waals surface area contributed by atoms with Crippen molar-refractivity contribution >= 4 is 5.91 Å². The molecule has 0 bridgehead atoms. The number of nitrogens with two attached hydrogens (primary N) is 2. The average Bonchev–Trinajstić information content (AvgIpc) is 2.55. The molecule has 2 fully saturated rings. The highest BCUT2D eigenvalue weighted by Crippen LogP contribution is 2.38. The Morgan fingerprint density at radius 1 is 1.26 bits per heavy atom. The Labute approximate surface area is 140 Å². The molecule has 0 radical (unpaired) electrons. The summed E-state index contributed by atoms with van der Waals surface area (Å²) in [7, 11) is 0. The first-order valence-corrected chi connectivity index (χ1v) is 9.20. The SMILES string of the molecule is CC1C=CC=C([C@@H]2CCCC[C@@H]2N2CCC(N)(C(N)=O)CC2)C1. The molecule has 1 heterocycles. The summed E-state index contributed by atoms with van der Waals surface area (Å²) in [6.45, 7) is 4.11. The number of amides is 1. The van der Waals surface area contributed by atoms with Crippen LogP contribution in [0.25, 0.3) is 0 Å². The van der Waals surface area contributed by atoms with Crippen LogP contribution in [0.4, 0.5) is 0 Å². The first-order valence-electron chi connectivity index (χ1n) is 9.20. The summed E-state index contributed by atoms with van der Waals surface area (Å²) in [6.07, 6.45) is 14.7. The molecule has 1 amide bonds. The van der Waals surface area contributed by atoms with E-state index < -0.39 is 5.54 Å². The molecule has 128 valence electrons. The second-order valence-corrected chi connectivity index (χ2v) is 7.82. The van der Waals surface area contributed by atoms with E-state index in [0.29, 0.717) is 30.7 Å². The first kappa shape index (κ1) is 16.7. The number of carbonyl (C=O) groups is 1. The lowest BCUT2D eigenvalue weighted by molar-refractivity contribution is -0.125. The zero-order valence-electron chi connectivity index (χ0n) is 14.3. The number of rotatable bonds is 3. The summed E-state index contributed by atoms with van der Waals surface area (Å²) in [4.78, 5) is 14.2. The zero-order chi connectivity index (χ0) is 16.4. The summed E-state index contributed by atoms with van der Waals surface area (Å²) >= 11 is 0. The van der Waals surface area contributed by atoms with Crippen LogP contribution in [0.15, 0.2) is 23.8 Å². The van der Waals surface area contributed by atoms with E-state index in [1.807, 2.05) is 0 Å². The number of hydrogen-bond acceptors (Lipinski definition) is 3. The Bertz CT molecular complexity index is 503. The fourth-order valence-corrected chi connectivity index (χ4v) is 4.63. The predicted molar refractivity (Wildman–Crippen MR) is 93.7 cm³/mol. The van der Waals surface area contributed by atoms with Crippen molar-refractivity contribution in [2.75, 3.05) is 13.1 Å². The third kappa shape index (κ3) is 3.53. The van der Waals surface area contributed by atoms with Crippen molar-refractivity contribution in [2.24, 2.45) is 23.3 Å². The normalized spacial score (nSPS) is 34.9. The number of hydrogen-bond donors (Lipinski definition) is 2. The van der Waals surface area contributed by atoms with Crippen LogP contribution < -0.4 is 11.5 Å². The zero-order valence-corrected chi connectivity index (χ0v) is 14.3. The van der Waals surface area contributed by atoms with Crippen molar-refractivity contribution in [2.45, 2.75) is 63.5 Å². The predicted octanol–water partition coefficient (Wildman–Crippen LogP) is 2.35. The molecule has 3 rings (SSSR count). The average molecular weight is 317 g/mol. The third-order valence-electron chi connectivity index (χ3n) is 6.16. The number of allylic oxidation sites excluding steroid dienone is 3. The van der Waals surface area contributed by atoms with Gasteiger partial charge in [0, 0.05) is 19.1 Å². The Hall–Kier alpha value is -1.13. The highest BCUT2D eigenvalue weighted by atomic mass is 16.1. The summed E-state index contributed by atoms with van der Waals surface area (Å²) in [5.41, 5.74) is 12.5. The van der Waals surface area contributed by atoms with Crippen molar-refractivity contribution < 1.29 is 4.79 Å². The monoisotopic (exact) mass is 317 g/mol. The lowest BCUT2D eigenvalue weighted by Crippen LogP contribution is -2.60. The molecule has 4 nitrogen and oxygen atoms in total. The van der Waals surface area contributed by atoms with E-state index in [0.717, 1.165) is 13.1 Å². The maximum atomic E-state index is 11.6. The van der Waals surface area contributed by atoms with Gasteiger partial charge in [0.05, 0.1) is 5.54 Å². The van der Waals surface area contributed by atoms with Crippen molar-refractivity contribution in [3.8, 4) is 0 Å². The molecule has 1 unspecified atom stereocenters. The molecule has 4 heteroatoms. The third-order valence-corrected chi connectivity index (χ3v) is 6.16. The quantitative estimate of drug-likeness (QED) is 0.839. The highest BCUT2D eigenvalue weighted by molar-refractivity contribution is 5.84. The van der Waals surface area contributed by atoms with Crippen molar-refractivity contribution in [1.29, 1.82) is 0 Å². The number of likely N-dealkylation sites (tertiary alicyclic amines) is 1. The van der Waals surface area contributed by atoms with Gasteiger partial charge in [0.15, 0.2) is 0 Å². The molecule has 4 N–H and O–H groups in total. The van der Waals surface area contributed by atoms with Crippen LogP contribution in [0.1, 0.15) is 51.9 Å². The molecule has 1 saturated carbocycles. The van der Waals surface area contributed by atoms with E-state index in [4.69, 9.17) is 11.5 Å². The number of piperidine rings is 1. The molecular formula is C19H31N3O. The van der Waals surface area contributed by atoms with Crippen molar-refractivity contribution in [3.63, 3.8) is 0 Å². The fraction of sp³-hybridized carbons (Fsp3) is 0.737. The minimum Gasteiger partial charge on any atom is -0.368 e. The Morgan fingerprint density at radius 2 is 1.96 bits per heavy atom. The van der Waals surface area contributed by atoms with Gasteiger partial charge in [0.25, 0.3) is 0 Å². The van der Waals surface area contributed by atoms with E-state index >= 15 is 0 Å². The van der Waals surface area contributed by atoms with Gasteiger partial charge in [-0.2, -0.15) is 0 Å². The van der Waals surface area contributed by atoms with Gasteiger partial charge in [-0.1, -0.05) is 43.6 Å². The van der Waals surface area contributed by atoms with E-state index in [1.165, 1.54) is 32.1 Å². The molecule has 0 spiro atoms. The molecule has 2 aliphatic carbocycles. The second kappa shape index (κ2) is 6.78. The van der Waals surface area contributed by atoms with Gasteiger partial charge in [-0.15, -0.1) is 0 Å². The van der Waals surface area contributed by atoms with Crippen LogP contribution in [0.2, 0.25) is 0 Å². The summed E-state index contributed by atoms with van der Waals surface area (Å²) in [5.74, 6) is 0.992. The van der Waals surface area contributed by atoms with Crippen molar-refractivity contribution in [1.82, 2.24) is 4.90 Å². The Balaban J connectivity index is 1.69. The van der Waals surface area contributed by atoms with Gasteiger partial charge in [0.1, 0.15) is 0 Å². The topological polar surface area (TPSA) is 72.3 Å². The fourth-order valence-electron chi connectivity index (χ4n) is 4.63. The van der Waals surface area contributed by atoms with E-state index in [-0.39, 0.29) is 5.91 Å². The highest BCUT2D eigenvalue weighted by Gasteiger charge is 2.40. The van der Waals surface area contributed by atoms with E-state index in [1.54, 1.807) is 5.57 Å². The standard InChI is InChI=1S/C19H31N3O/c1-14-5-4-6-15(13-14)16-7-2-3-8-17(16)22-11-9-19(21,10-12-22)18(20)23/h4-6,14,16-17H,2-3,7-13,21H2,1H3,(H2,20,23)/t14?,16-,17-/m0/s1. The lowest BCUT2D eigenvalue weighted by atomic mass is 9.74. The minimum atomic E-state index is -0.790. The molecule has 0 aromatic heterocycles. The van der Waals surface area contributed by atoms with Crippen molar-refractivity contribution in [3.05, 3.63) is 23.8 Å². The molecule has 0 aromatic rings. The van der Waals surface area contributed by atoms with Gasteiger partial charge in [0.2, 0.25) is 5.91 Å². The minimum absolute atomic E-state index is 0.341. The summed E-state index contributed by atoms with van der Waals surface area (Å²) in [6, 6.07) is 0.617. The van der Waals surface area contributed by atoms with E-state index in [9.17, 15) is 4.79 Å². The lowest BCUT2D eigenvalue weighted by Gasteiger charge is -2.46. The number of carbonyl (C=O) groups excluding carboxylic acids is 1. The van der Waals surface area contributed by atoms with Gasteiger partial charge in [-0.05, 0) is 43.9 Å². The van der Waals surface area contributed by atoms with E-state index in [2.05, 4.69) is 30.1 Å². The van der Waals surface area contributed by atoms with Crippen LogP contribution in [0.3, 0.4) is 0 Å². The van der Waals surface area contributed by atoms with Crippen LogP contribution in [-0.4, -0.2) is 35.5 Å². The smallest absolute Gasteiger partial charge is 0.237 e. The van der Waals surface area contributed by atoms with Gasteiger partial charge < -0.3 is 11.5 Å². The molecule has 3 atom stereocenters. The van der Waals surface area contributed by atoms with Gasteiger partial charge in [-0.25, -0.2) is 0 Å². The van der Waals surface area contributed by atoms with Crippen LogP contribution in [0.5, 0.6) is 0 Å². The molecule has 1 aliphatic heterocycles.